The Balaban J connectivity index is 2.52. The van der Waals surface area contributed by atoms with E-state index in [0.29, 0.717) is 17.6 Å². The Morgan fingerprint density at radius 1 is 1.26 bits per heavy atom. The van der Waals surface area contributed by atoms with Gasteiger partial charge in [0.1, 0.15) is 5.15 Å². The summed E-state index contributed by atoms with van der Waals surface area (Å²) in [5.74, 6) is 0.589. The van der Waals surface area contributed by atoms with E-state index < -0.39 is 0 Å². The van der Waals surface area contributed by atoms with Crippen LogP contribution in [0.3, 0.4) is 0 Å². The molecule has 7 heteroatoms. The summed E-state index contributed by atoms with van der Waals surface area (Å²) < 4.78 is 7.87. The Labute approximate surface area is 146 Å². The van der Waals surface area contributed by atoms with Crippen LogP contribution in [0.25, 0.3) is 11.4 Å². The molecule has 100 valence electrons. The highest BCUT2D eigenvalue weighted by Crippen LogP contribution is 2.29. The first kappa shape index (κ1) is 15.6. The molecule has 0 aliphatic carbocycles. The number of aromatic nitrogens is 2. The van der Waals surface area contributed by atoms with E-state index in [2.05, 4.69) is 64.4 Å². The quantitative estimate of drug-likeness (QED) is 0.421. The number of halogens is 4. The second-order valence-electron chi connectivity index (χ2n) is 3.66. The standard InChI is InChI=1S/C12H8Br2ClIN2O/c1-19-5-9-10(16)11(15)18-12(17-9)6-2-3-7(13)8(14)4-6/h2-4H,5H2,1H3. The topological polar surface area (TPSA) is 35.0 Å². The van der Waals surface area contributed by atoms with E-state index in [4.69, 9.17) is 16.3 Å². The molecule has 0 amide bonds. The lowest BCUT2D eigenvalue weighted by Gasteiger charge is -2.08. The Morgan fingerprint density at radius 2 is 2.00 bits per heavy atom. The van der Waals surface area contributed by atoms with Crippen LogP contribution in [0.1, 0.15) is 5.69 Å². The SMILES string of the molecule is COCc1nc(-c2ccc(Br)c(Br)c2)nc(Cl)c1I. The summed E-state index contributed by atoms with van der Waals surface area (Å²) >= 11 is 15.2. The largest absolute Gasteiger partial charge is 0.378 e. The van der Waals surface area contributed by atoms with Crippen LogP contribution in [0.4, 0.5) is 0 Å². The summed E-state index contributed by atoms with van der Waals surface area (Å²) in [5, 5.41) is 0.441. The van der Waals surface area contributed by atoms with Crippen molar-refractivity contribution in [3.8, 4) is 11.4 Å². The third-order valence-corrected chi connectivity index (χ3v) is 5.94. The van der Waals surface area contributed by atoms with Crippen molar-refractivity contribution < 1.29 is 4.74 Å². The minimum Gasteiger partial charge on any atom is -0.378 e. The second-order valence-corrected chi connectivity index (χ2v) is 6.81. The summed E-state index contributed by atoms with van der Waals surface area (Å²) in [6, 6.07) is 5.81. The van der Waals surface area contributed by atoms with Gasteiger partial charge in [0.2, 0.25) is 0 Å². The molecule has 0 aliphatic heterocycles. The molecule has 0 saturated carbocycles. The first-order valence-electron chi connectivity index (χ1n) is 5.19. The summed E-state index contributed by atoms with van der Waals surface area (Å²) in [6.45, 7) is 0.408. The fraction of sp³-hybridized carbons (Fsp3) is 0.167. The van der Waals surface area contributed by atoms with Crippen molar-refractivity contribution in [1.29, 1.82) is 0 Å². The highest BCUT2D eigenvalue weighted by molar-refractivity contribution is 14.1. The molecule has 0 bridgehead atoms. The van der Waals surface area contributed by atoms with Crippen LogP contribution in [-0.2, 0) is 11.3 Å². The maximum absolute atomic E-state index is 6.14. The van der Waals surface area contributed by atoms with Gasteiger partial charge in [0, 0.05) is 21.6 Å². The van der Waals surface area contributed by atoms with Crippen LogP contribution in [0.15, 0.2) is 27.1 Å². The minimum atomic E-state index is 0.408. The molecule has 0 N–H and O–H groups in total. The summed E-state index contributed by atoms with van der Waals surface area (Å²) in [6.07, 6.45) is 0. The molecule has 0 aliphatic rings. The summed E-state index contributed by atoms with van der Waals surface area (Å²) in [5.41, 5.74) is 1.68. The summed E-state index contributed by atoms with van der Waals surface area (Å²) in [4.78, 5) is 8.81. The van der Waals surface area contributed by atoms with E-state index in [-0.39, 0.29) is 0 Å². The predicted molar refractivity (Wildman–Crippen MR) is 91.3 cm³/mol. The number of hydrogen-bond donors (Lipinski definition) is 0. The smallest absolute Gasteiger partial charge is 0.161 e. The van der Waals surface area contributed by atoms with Crippen LogP contribution in [-0.4, -0.2) is 17.1 Å². The van der Waals surface area contributed by atoms with E-state index >= 15 is 0 Å². The Hall–Kier alpha value is 0.240. The molecule has 0 atom stereocenters. The molecule has 0 fully saturated rings. The predicted octanol–water partition coefficient (Wildman–Crippen LogP) is 5.07. The van der Waals surface area contributed by atoms with Gasteiger partial charge in [-0.3, -0.25) is 0 Å². The molecule has 19 heavy (non-hydrogen) atoms. The number of rotatable bonds is 3. The van der Waals surface area contributed by atoms with E-state index in [9.17, 15) is 0 Å². The van der Waals surface area contributed by atoms with Gasteiger partial charge in [-0.2, -0.15) is 0 Å². The average Bonchev–Trinajstić information content (AvgIpc) is 2.38. The number of ether oxygens (including phenoxy) is 1. The Morgan fingerprint density at radius 3 is 2.63 bits per heavy atom. The Kier molecular flexibility index (Phi) is 5.59. The molecule has 3 nitrogen and oxygen atoms in total. The van der Waals surface area contributed by atoms with Crippen molar-refractivity contribution in [2.75, 3.05) is 7.11 Å². The second kappa shape index (κ2) is 6.80. The van der Waals surface area contributed by atoms with Crippen molar-refractivity contribution in [2.24, 2.45) is 0 Å². The van der Waals surface area contributed by atoms with Gasteiger partial charge in [-0.1, -0.05) is 11.6 Å². The Bertz CT molecular complexity index is 625. The molecule has 0 saturated heterocycles. The third kappa shape index (κ3) is 3.66. The lowest BCUT2D eigenvalue weighted by molar-refractivity contribution is 0.181. The number of benzene rings is 1. The van der Waals surface area contributed by atoms with Crippen molar-refractivity contribution in [3.05, 3.63) is 41.6 Å². The average molecular weight is 518 g/mol. The monoisotopic (exact) mass is 516 g/mol. The van der Waals surface area contributed by atoms with Gasteiger partial charge in [0.05, 0.1) is 15.9 Å². The molecule has 2 rings (SSSR count). The first-order chi connectivity index (χ1) is 9.02. The number of nitrogens with zero attached hydrogens (tertiary/aromatic N) is 2. The molecule has 1 aromatic carbocycles. The first-order valence-corrected chi connectivity index (χ1v) is 8.23. The van der Waals surface area contributed by atoms with Crippen LogP contribution < -0.4 is 0 Å². The third-order valence-electron chi connectivity index (χ3n) is 2.34. The molecule has 2 aromatic rings. The lowest BCUT2D eigenvalue weighted by Crippen LogP contribution is -2.02. The molecule has 0 radical (unpaired) electrons. The van der Waals surface area contributed by atoms with Crippen molar-refractivity contribution >= 4 is 66.1 Å². The molecular formula is C12H8Br2ClIN2O. The van der Waals surface area contributed by atoms with Gasteiger partial charge in [0.15, 0.2) is 5.82 Å². The highest BCUT2D eigenvalue weighted by Gasteiger charge is 2.12. The lowest BCUT2D eigenvalue weighted by atomic mass is 10.2. The molecule has 1 aromatic heterocycles. The fourth-order valence-corrected chi connectivity index (χ4v) is 2.67. The molecule has 0 unspecified atom stereocenters. The molecule has 1 heterocycles. The van der Waals surface area contributed by atoms with Crippen LogP contribution in [0.5, 0.6) is 0 Å². The zero-order valence-corrected chi connectivity index (χ0v) is 15.8. The van der Waals surface area contributed by atoms with Gasteiger partial charge >= 0.3 is 0 Å². The van der Waals surface area contributed by atoms with Gasteiger partial charge in [-0.25, -0.2) is 9.97 Å². The zero-order valence-electron chi connectivity index (χ0n) is 9.75. The molecule has 0 spiro atoms. The van der Waals surface area contributed by atoms with Gasteiger partial charge in [0.25, 0.3) is 0 Å². The van der Waals surface area contributed by atoms with Gasteiger partial charge in [-0.15, -0.1) is 0 Å². The maximum Gasteiger partial charge on any atom is 0.161 e. The van der Waals surface area contributed by atoms with Crippen molar-refractivity contribution in [2.45, 2.75) is 6.61 Å². The highest BCUT2D eigenvalue weighted by atomic mass is 127. The number of methoxy groups -OCH3 is 1. The van der Waals surface area contributed by atoms with E-state index in [1.807, 2.05) is 18.2 Å². The normalized spacial score (nSPS) is 10.8. The van der Waals surface area contributed by atoms with E-state index in [0.717, 1.165) is 23.8 Å². The summed E-state index contributed by atoms with van der Waals surface area (Å²) in [7, 11) is 1.63. The zero-order chi connectivity index (χ0) is 14.0. The maximum atomic E-state index is 6.14. The van der Waals surface area contributed by atoms with Crippen molar-refractivity contribution in [1.82, 2.24) is 9.97 Å². The van der Waals surface area contributed by atoms with Crippen LogP contribution in [0, 0.1) is 3.57 Å². The number of hydrogen-bond acceptors (Lipinski definition) is 3. The van der Waals surface area contributed by atoms with E-state index in [1.54, 1.807) is 7.11 Å². The van der Waals surface area contributed by atoms with Crippen LogP contribution in [0.2, 0.25) is 5.15 Å². The van der Waals surface area contributed by atoms with E-state index in [1.165, 1.54) is 0 Å². The van der Waals surface area contributed by atoms with Gasteiger partial charge < -0.3 is 4.74 Å². The van der Waals surface area contributed by atoms with Crippen molar-refractivity contribution in [3.63, 3.8) is 0 Å². The van der Waals surface area contributed by atoms with Crippen LogP contribution >= 0.6 is 66.1 Å². The fourth-order valence-electron chi connectivity index (χ4n) is 1.46. The molecular weight excluding hydrogens is 510 g/mol. The van der Waals surface area contributed by atoms with Gasteiger partial charge in [-0.05, 0) is 72.6 Å². The minimum absolute atomic E-state index is 0.408.